The van der Waals surface area contributed by atoms with Crippen LogP contribution in [0.1, 0.15) is 0 Å². The first-order valence-corrected chi connectivity index (χ1v) is 2.26. The minimum absolute atomic E-state index is 0. The Kier molecular flexibility index (Phi) is 4.73. The summed E-state index contributed by atoms with van der Waals surface area (Å²) in [6, 6.07) is 5.19. The Morgan fingerprint density at radius 1 is 1.62 bits per heavy atom. The average Bonchev–Trinajstić information content (AvgIpc) is 1.69. The van der Waals surface area contributed by atoms with E-state index in [9.17, 15) is 0 Å². The van der Waals surface area contributed by atoms with Crippen molar-refractivity contribution in [1.82, 2.24) is 4.98 Å². The fraction of sp³-hybridized carbons (Fsp3) is 0. The maximum Gasteiger partial charge on any atom is 0.0142 e. The number of pyridine rings is 1. The van der Waals surface area contributed by atoms with Gasteiger partial charge in [-0.15, -0.1) is 17.7 Å². The molecule has 0 atom stereocenters. The first-order chi connectivity index (χ1) is 3.39. The Labute approximate surface area is 78.3 Å². The molecular weight excluding hydrogens is 198 g/mol. The summed E-state index contributed by atoms with van der Waals surface area (Å²) in [4.78, 5) is 3.62. The zero-order chi connectivity index (χ0) is 5.11. The molecule has 1 heterocycles. The number of hydrogen-bond donors (Lipinski definition) is 0. The van der Waals surface area contributed by atoms with E-state index in [0.717, 1.165) is 0 Å². The van der Waals surface area contributed by atoms with Gasteiger partial charge in [-0.1, -0.05) is 6.20 Å². The maximum absolute atomic E-state index is 5.40. The quantitative estimate of drug-likeness (QED) is 0.458. The second kappa shape index (κ2) is 4.43. The van der Waals surface area contributed by atoms with Crippen LogP contribution in [0.4, 0.5) is 0 Å². The molecule has 39 valence electrons. The molecule has 0 unspecified atom stereocenters. The molecule has 0 spiro atoms. The fourth-order valence-electron chi connectivity index (χ4n) is 0.307. The molecule has 0 bridgehead atoms. The number of rotatable bonds is 0. The van der Waals surface area contributed by atoms with Gasteiger partial charge in [-0.3, -0.25) is 0 Å². The summed E-state index contributed by atoms with van der Waals surface area (Å²) in [5.41, 5.74) is 0. The minimum Gasteiger partial charge on any atom is -0.376 e. The van der Waals surface area contributed by atoms with E-state index >= 15 is 0 Å². The van der Waals surface area contributed by atoms with Gasteiger partial charge in [-0.25, -0.2) is 0 Å². The zero-order valence-corrected chi connectivity index (χ0v) is 7.73. The predicted octanol–water partition coefficient (Wildman–Crippen LogP) is 1.53. The van der Waals surface area contributed by atoms with Gasteiger partial charge in [-0.2, -0.15) is 12.1 Å². The summed E-state index contributed by atoms with van der Waals surface area (Å²) in [6.07, 6.45) is 2.58. The van der Waals surface area contributed by atoms with Gasteiger partial charge in [0, 0.05) is 37.9 Å². The predicted molar refractivity (Wildman–Crippen MR) is 28.1 cm³/mol. The number of hydrogen-bond acceptors (Lipinski definition) is 1. The topological polar surface area (TPSA) is 12.9 Å². The SMILES string of the molecule is Clc1ccc[c-]n1.[Y]. The molecule has 0 aliphatic rings. The van der Waals surface area contributed by atoms with Crippen LogP contribution in [0, 0.1) is 6.20 Å². The van der Waals surface area contributed by atoms with Crippen LogP contribution in [-0.2, 0) is 32.7 Å². The molecule has 1 radical (unpaired) electrons. The number of aromatic nitrogens is 1. The third-order valence-corrected chi connectivity index (χ3v) is 0.786. The molecule has 0 N–H and O–H groups in total. The number of nitrogens with zero attached hydrogens (tertiary/aromatic N) is 1. The van der Waals surface area contributed by atoms with Gasteiger partial charge >= 0.3 is 0 Å². The molecular formula is C5H3ClNY-. The van der Waals surface area contributed by atoms with Crippen LogP contribution in [0.15, 0.2) is 18.2 Å². The van der Waals surface area contributed by atoms with Gasteiger partial charge in [0.05, 0.1) is 0 Å². The van der Waals surface area contributed by atoms with Crippen molar-refractivity contribution >= 4 is 11.6 Å². The molecule has 1 aromatic heterocycles. The summed E-state index contributed by atoms with van der Waals surface area (Å²) < 4.78 is 0. The van der Waals surface area contributed by atoms with Crippen LogP contribution >= 0.6 is 11.6 Å². The van der Waals surface area contributed by atoms with E-state index in [0.29, 0.717) is 5.15 Å². The molecule has 0 fully saturated rings. The molecule has 1 rings (SSSR count). The molecule has 0 aromatic carbocycles. The largest absolute Gasteiger partial charge is 0.376 e. The molecule has 3 heteroatoms. The second-order valence-electron chi connectivity index (χ2n) is 1.09. The van der Waals surface area contributed by atoms with Crippen molar-refractivity contribution in [2.24, 2.45) is 0 Å². The molecule has 0 saturated heterocycles. The fourth-order valence-corrected chi connectivity index (χ4v) is 0.428. The number of halogens is 1. The summed E-state index contributed by atoms with van der Waals surface area (Å²) in [5, 5.41) is 0.488. The van der Waals surface area contributed by atoms with Gasteiger partial charge in [0.1, 0.15) is 0 Å². The Hall–Kier alpha value is 0.544. The third kappa shape index (κ3) is 2.76. The van der Waals surface area contributed by atoms with E-state index in [1.807, 2.05) is 0 Å². The van der Waals surface area contributed by atoms with Crippen molar-refractivity contribution in [3.8, 4) is 0 Å². The average molecular weight is 201 g/mol. The molecule has 0 amide bonds. The van der Waals surface area contributed by atoms with Crippen LogP contribution < -0.4 is 0 Å². The first kappa shape index (κ1) is 8.54. The van der Waals surface area contributed by atoms with E-state index < -0.39 is 0 Å². The Morgan fingerprint density at radius 2 is 2.38 bits per heavy atom. The summed E-state index contributed by atoms with van der Waals surface area (Å²) in [5.74, 6) is 0. The minimum atomic E-state index is 0. The van der Waals surface area contributed by atoms with Crippen molar-refractivity contribution in [1.29, 1.82) is 0 Å². The van der Waals surface area contributed by atoms with Gasteiger partial charge < -0.3 is 4.98 Å². The molecule has 1 nitrogen and oxygen atoms in total. The van der Waals surface area contributed by atoms with E-state index in [4.69, 9.17) is 11.6 Å². The van der Waals surface area contributed by atoms with E-state index in [1.165, 1.54) is 0 Å². The van der Waals surface area contributed by atoms with Crippen LogP contribution in [0.3, 0.4) is 0 Å². The summed E-state index contributed by atoms with van der Waals surface area (Å²) in [7, 11) is 0. The molecule has 1 aromatic rings. The van der Waals surface area contributed by atoms with Crippen molar-refractivity contribution in [2.75, 3.05) is 0 Å². The Balaban J connectivity index is 0.000000490. The van der Waals surface area contributed by atoms with Crippen molar-refractivity contribution in [3.63, 3.8) is 0 Å². The molecule has 0 aliphatic heterocycles. The maximum atomic E-state index is 5.40. The van der Waals surface area contributed by atoms with Crippen molar-refractivity contribution in [3.05, 3.63) is 29.5 Å². The molecule has 8 heavy (non-hydrogen) atoms. The molecule has 0 saturated carbocycles. The van der Waals surface area contributed by atoms with Gasteiger partial charge in [-0.05, 0) is 0 Å². The third-order valence-electron chi connectivity index (χ3n) is 0.576. The normalized spacial score (nSPS) is 7.62. The van der Waals surface area contributed by atoms with Crippen molar-refractivity contribution < 1.29 is 32.7 Å². The van der Waals surface area contributed by atoms with Crippen LogP contribution in [0.5, 0.6) is 0 Å². The van der Waals surface area contributed by atoms with E-state index in [-0.39, 0.29) is 32.7 Å². The summed E-state index contributed by atoms with van der Waals surface area (Å²) >= 11 is 5.40. The van der Waals surface area contributed by atoms with Crippen LogP contribution in [0.2, 0.25) is 5.15 Å². The van der Waals surface area contributed by atoms with E-state index in [2.05, 4.69) is 11.2 Å². The zero-order valence-electron chi connectivity index (χ0n) is 4.13. The Morgan fingerprint density at radius 3 is 2.62 bits per heavy atom. The van der Waals surface area contributed by atoms with Crippen LogP contribution in [-0.4, -0.2) is 4.98 Å². The second-order valence-corrected chi connectivity index (χ2v) is 1.48. The smallest absolute Gasteiger partial charge is 0.0142 e. The first-order valence-electron chi connectivity index (χ1n) is 1.88. The van der Waals surface area contributed by atoms with Crippen LogP contribution in [0.25, 0.3) is 0 Å². The monoisotopic (exact) mass is 201 g/mol. The van der Waals surface area contributed by atoms with Gasteiger partial charge in [0.2, 0.25) is 0 Å². The van der Waals surface area contributed by atoms with Gasteiger partial charge in [0.15, 0.2) is 0 Å². The van der Waals surface area contributed by atoms with E-state index in [1.54, 1.807) is 18.2 Å². The van der Waals surface area contributed by atoms with Crippen molar-refractivity contribution in [2.45, 2.75) is 0 Å². The summed E-state index contributed by atoms with van der Waals surface area (Å²) in [6.45, 7) is 0. The van der Waals surface area contributed by atoms with Gasteiger partial charge in [0.25, 0.3) is 0 Å². The molecule has 0 aliphatic carbocycles. The Bertz CT molecular complexity index is 142. The standard InChI is InChI=1S/C5H3ClN.Y/c6-5-3-1-2-4-7-5;/h1-3H;/q-1;.